The Morgan fingerprint density at radius 3 is 2.86 bits per heavy atom. The van der Waals surface area contributed by atoms with Crippen molar-refractivity contribution in [1.82, 2.24) is 13.4 Å². The maximum absolute atomic E-state index is 11.9. The summed E-state index contributed by atoms with van der Waals surface area (Å²) in [6.07, 6.45) is 0.593. The summed E-state index contributed by atoms with van der Waals surface area (Å²) in [6.45, 7) is 0.682. The normalized spacial score (nSPS) is 18.9. The van der Waals surface area contributed by atoms with Gasteiger partial charge in [-0.2, -0.15) is 4.37 Å². The number of hydrogen-bond donors (Lipinski definition) is 1. The van der Waals surface area contributed by atoms with Crippen molar-refractivity contribution in [3.63, 3.8) is 0 Å². The van der Waals surface area contributed by atoms with Gasteiger partial charge in [-0.15, -0.1) is 0 Å². The molecule has 0 atom stereocenters. The van der Waals surface area contributed by atoms with Crippen molar-refractivity contribution in [3.05, 3.63) is 10.9 Å². The lowest BCUT2D eigenvalue weighted by atomic mass is 10.5. The second kappa shape index (κ2) is 6.57. The Balaban J connectivity index is 1.84. The molecule has 1 aliphatic heterocycles. The second-order valence-corrected chi connectivity index (χ2v) is 9.34. The third-order valence-electron chi connectivity index (χ3n) is 2.97. The van der Waals surface area contributed by atoms with E-state index in [4.69, 9.17) is 4.74 Å². The van der Waals surface area contributed by atoms with Crippen LogP contribution in [0.1, 0.15) is 11.3 Å². The number of ether oxygens (including phenoxy) is 1. The third kappa shape index (κ3) is 4.61. The van der Waals surface area contributed by atoms with Crippen LogP contribution in [0.2, 0.25) is 0 Å². The number of methoxy groups -OCH3 is 1. The Morgan fingerprint density at radius 2 is 2.29 bits per heavy atom. The molecule has 1 saturated heterocycles. The Bertz CT molecular complexity index is 683. The van der Waals surface area contributed by atoms with Gasteiger partial charge in [-0.3, -0.25) is 0 Å². The highest BCUT2D eigenvalue weighted by atomic mass is 32.2. The quantitative estimate of drug-likeness (QED) is 0.714. The Labute approximate surface area is 128 Å². The number of sulfonamides is 2. The van der Waals surface area contributed by atoms with Gasteiger partial charge in [0.25, 0.3) is 0 Å². The molecule has 0 saturated carbocycles. The van der Waals surface area contributed by atoms with Crippen molar-refractivity contribution < 1.29 is 21.6 Å². The number of aromatic nitrogens is 1. The van der Waals surface area contributed by atoms with Gasteiger partial charge in [0, 0.05) is 30.6 Å². The first kappa shape index (κ1) is 16.6. The lowest BCUT2D eigenvalue weighted by Crippen LogP contribution is -2.36. The zero-order chi connectivity index (χ0) is 15.5. The van der Waals surface area contributed by atoms with Crippen molar-refractivity contribution in [2.75, 3.05) is 32.5 Å². The maximum atomic E-state index is 11.9. The first-order chi connectivity index (χ1) is 9.82. The lowest BCUT2D eigenvalue weighted by Gasteiger charge is -2.14. The first-order valence-electron chi connectivity index (χ1n) is 6.27. The summed E-state index contributed by atoms with van der Waals surface area (Å²) in [5.74, 6) is 0.328. The minimum absolute atomic E-state index is 0.0670. The SMILES string of the molecule is COc1cc(CS(=O)(=O)NCCN2CCCS2(=O)=O)sn1. The van der Waals surface area contributed by atoms with Crippen LogP contribution in [0.4, 0.5) is 0 Å². The van der Waals surface area contributed by atoms with E-state index in [9.17, 15) is 16.8 Å². The summed E-state index contributed by atoms with van der Waals surface area (Å²) in [5, 5.41) is 0. The second-order valence-electron chi connectivity index (χ2n) is 4.56. The van der Waals surface area contributed by atoms with E-state index in [-0.39, 0.29) is 24.6 Å². The standard InChI is InChI=1S/C10H17N3O5S3/c1-18-10-7-9(19-12-10)8-20(14,15)11-3-5-13-4-2-6-21(13,16)17/h7,11H,2-6,8H2,1H3. The maximum Gasteiger partial charge on any atom is 0.225 e. The van der Waals surface area contributed by atoms with Gasteiger partial charge in [0.15, 0.2) is 0 Å². The molecule has 0 aromatic carbocycles. The number of rotatable bonds is 7. The van der Waals surface area contributed by atoms with E-state index in [0.29, 0.717) is 23.7 Å². The first-order valence-corrected chi connectivity index (χ1v) is 10.3. The van der Waals surface area contributed by atoms with Gasteiger partial charge in [0.05, 0.1) is 12.9 Å². The molecule has 21 heavy (non-hydrogen) atoms. The van der Waals surface area contributed by atoms with Crippen LogP contribution < -0.4 is 9.46 Å². The number of nitrogens with one attached hydrogen (secondary N) is 1. The smallest absolute Gasteiger partial charge is 0.225 e. The van der Waals surface area contributed by atoms with Crippen LogP contribution in [0, 0.1) is 0 Å². The third-order valence-corrected chi connectivity index (χ3v) is 7.21. The molecule has 1 aliphatic rings. The molecule has 1 aromatic heterocycles. The molecule has 2 heterocycles. The van der Waals surface area contributed by atoms with Gasteiger partial charge in [-0.1, -0.05) is 0 Å². The van der Waals surface area contributed by atoms with Crippen LogP contribution >= 0.6 is 11.5 Å². The van der Waals surface area contributed by atoms with Gasteiger partial charge < -0.3 is 4.74 Å². The fraction of sp³-hybridized carbons (Fsp3) is 0.700. The highest BCUT2D eigenvalue weighted by Crippen LogP contribution is 2.18. The van der Waals surface area contributed by atoms with Crippen molar-refractivity contribution in [2.24, 2.45) is 0 Å². The monoisotopic (exact) mass is 355 g/mol. The summed E-state index contributed by atoms with van der Waals surface area (Å²) >= 11 is 1.06. The molecule has 1 aromatic rings. The summed E-state index contributed by atoms with van der Waals surface area (Å²) in [6, 6.07) is 1.56. The fourth-order valence-electron chi connectivity index (χ4n) is 1.96. The molecular formula is C10H17N3O5S3. The van der Waals surface area contributed by atoms with E-state index in [1.807, 2.05) is 0 Å². The zero-order valence-corrected chi connectivity index (χ0v) is 13.9. The van der Waals surface area contributed by atoms with Gasteiger partial charge in [-0.05, 0) is 18.0 Å². The van der Waals surface area contributed by atoms with Gasteiger partial charge in [0.2, 0.25) is 25.9 Å². The number of hydrogen-bond acceptors (Lipinski definition) is 7. The molecular weight excluding hydrogens is 338 g/mol. The Hall–Kier alpha value is -0.750. The van der Waals surface area contributed by atoms with Gasteiger partial charge >= 0.3 is 0 Å². The highest BCUT2D eigenvalue weighted by Gasteiger charge is 2.27. The molecule has 0 bridgehead atoms. The van der Waals surface area contributed by atoms with Crippen molar-refractivity contribution in [1.29, 1.82) is 0 Å². The Morgan fingerprint density at radius 1 is 1.52 bits per heavy atom. The lowest BCUT2D eigenvalue weighted by molar-refractivity contribution is 0.402. The van der Waals surface area contributed by atoms with Crippen LogP contribution in [-0.2, 0) is 25.8 Å². The van der Waals surface area contributed by atoms with E-state index < -0.39 is 20.0 Å². The number of nitrogens with zero attached hydrogens (tertiary/aromatic N) is 2. The van der Waals surface area contributed by atoms with Crippen LogP contribution in [0.3, 0.4) is 0 Å². The molecule has 0 unspecified atom stereocenters. The molecule has 1 N–H and O–H groups in total. The van der Waals surface area contributed by atoms with E-state index in [1.54, 1.807) is 6.07 Å². The minimum Gasteiger partial charge on any atom is -0.480 e. The fourth-order valence-corrected chi connectivity index (χ4v) is 5.62. The summed E-state index contributed by atoms with van der Waals surface area (Å²) in [7, 11) is -5.24. The van der Waals surface area contributed by atoms with Gasteiger partial charge in [0.1, 0.15) is 5.75 Å². The predicted molar refractivity (Wildman–Crippen MR) is 79.3 cm³/mol. The van der Waals surface area contributed by atoms with Crippen LogP contribution in [0.5, 0.6) is 5.88 Å². The largest absolute Gasteiger partial charge is 0.480 e. The van der Waals surface area contributed by atoms with Crippen molar-refractivity contribution in [3.8, 4) is 5.88 Å². The summed E-state index contributed by atoms with van der Waals surface area (Å²) in [5.41, 5.74) is 0. The van der Waals surface area contributed by atoms with E-state index in [0.717, 1.165) is 11.5 Å². The van der Waals surface area contributed by atoms with Gasteiger partial charge in [-0.25, -0.2) is 25.9 Å². The molecule has 8 nitrogen and oxygen atoms in total. The minimum atomic E-state index is -3.52. The molecule has 0 spiro atoms. The zero-order valence-electron chi connectivity index (χ0n) is 11.5. The highest BCUT2D eigenvalue weighted by molar-refractivity contribution is 7.89. The molecule has 11 heteroatoms. The van der Waals surface area contributed by atoms with Crippen molar-refractivity contribution >= 4 is 31.6 Å². The van der Waals surface area contributed by atoms with Crippen LogP contribution in [0.25, 0.3) is 0 Å². The summed E-state index contributed by atoms with van der Waals surface area (Å²) in [4.78, 5) is 0.563. The van der Waals surface area contributed by atoms with Crippen molar-refractivity contribution in [2.45, 2.75) is 12.2 Å². The Kier molecular flexibility index (Phi) is 5.20. The average Bonchev–Trinajstić information content (AvgIpc) is 2.96. The van der Waals surface area contributed by atoms with E-state index >= 15 is 0 Å². The summed E-state index contributed by atoms with van der Waals surface area (Å²) < 4.78 is 59.5. The molecule has 2 rings (SSSR count). The molecule has 0 radical (unpaired) electrons. The average molecular weight is 355 g/mol. The van der Waals surface area contributed by atoms with E-state index in [2.05, 4.69) is 9.10 Å². The molecule has 0 aliphatic carbocycles. The van der Waals surface area contributed by atoms with E-state index in [1.165, 1.54) is 11.4 Å². The molecule has 0 amide bonds. The molecule has 1 fully saturated rings. The van der Waals surface area contributed by atoms with Crippen LogP contribution in [0.15, 0.2) is 6.07 Å². The molecule has 120 valence electrons. The topological polar surface area (TPSA) is 106 Å². The van der Waals surface area contributed by atoms with Crippen LogP contribution in [-0.4, -0.2) is 58.0 Å². The predicted octanol–water partition coefficient (Wildman–Crippen LogP) is -0.393.